The van der Waals surface area contributed by atoms with E-state index in [2.05, 4.69) is 17.1 Å². The van der Waals surface area contributed by atoms with E-state index in [4.69, 9.17) is 9.15 Å². The normalized spacial score (nSPS) is 12.3. The molecule has 1 N–H and O–H groups in total. The molecular weight excluding hydrogens is 332 g/mol. The molecule has 26 heavy (non-hydrogen) atoms. The summed E-state index contributed by atoms with van der Waals surface area (Å²) in [4.78, 5) is 25.9. The van der Waals surface area contributed by atoms with Gasteiger partial charge in [0.1, 0.15) is 11.3 Å². The third-order valence-corrected chi connectivity index (χ3v) is 4.08. The van der Waals surface area contributed by atoms with Crippen LogP contribution in [0.5, 0.6) is 5.75 Å². The first-order valence-corrected chi connectivity index (χ1v) is 9.06. The van der Waals surface area contributed by atoms with Gasteiger partial charge in [-0.05, 0) is 58.1 Å². The van der Waals surface area contributed by atoms with Crippen LogP contribution in [0.25, 0.3) is 11.0 Å². The third-order valence-electron chi connectivity index (χ3n) is 4.08. The molecule has 1 aromatic carbocycles. The van der Waals surface area contributed by atoms with Gasteiger partial charge in [0.15, 0.2) is 6.10 Å². The monoisotopic (exact) mass is 360 g/mol. The first-order chi connectivity index (χ1) is 12.4. The topological polar surface area (TPSA) is 71.8 Å². The highest BCUT2D eigenvalue weighted by molar-refractivity contribution is 5.83. The molecule has 1 amide bonds. The van der Waals surface area contributed by atoms with E-state index in [0.29, 0.717) is 17.9 Å². The average Bonchev–Trinajstić information content (AvgIpc) is 2.58. The predicted molar refractivity (Wildman–Crippen MR) is 103 cm³/mol. The van der Waals surface area contributed by atoms with E-state index in [1.165, 1.54) is 6.07 Å². The molecule has 0 aliphatic heterocycles. The van der Waals surface area contributed by atoms with Gasteiger partial charge in [0.25, 0.3) is 5.91 Å². The van der Waals surface area contributed by atoms with Gasteiger partial charge in [-0.25, -0.2) is 4.79 Å². The summed E-state index contributed by atoms with van der Waals surface area (Å²) in [5, 5.41) is 3.77. The van der Waals surface area contributed by atoms with E-state index in [1.54, 1.807) is 19.1 Å². The molecule has 1 unspecified atom stereocenters. The van der Waals surface area contributed by atoms with Crippen molar-refractivity contribution < 1.29 is 13.9 Å². The molecule has 2 aromatic rings. The Kier molecular flexibility index (Phi) is 7.21. The lowest BCUT2D eigenvalue weighted by atomic mass is 10.1. The lowest BCUT2D eigenvalue weighted by Crippen LogP contribution is -2.37. The molecule has 0 radical (unpaired) electrons. The minimum Gasteiger partial charge on any atom is -0.481 e. The van der Waals surface area contributed by atoms with Gasteiger partial charge in [0.2, 0.25) is 0 Å². The molecule has 0 bridgehead atoms. The van der Waals surface area contributed by atoms with Gasteiger partial charge in [-0.2, -0.15) is 0 Å². The molecule has 0 aliphatic rings. The van der Waals surface area contributed by atoms with Gasteiger partial charge in [-0.3, -0.25) is 4.79 Å². The second-order valence-electron chi connectivity index (χ2n) is 6.71. The molecule has 1 atom stereocenters. The van der Waals surface area contributed by atoms with Crippen molar-refractivity contribution in [2.75, 3.05) is 27.2 Å². The molecule has 1 heterocycles. The van der Waals surface area contributed by atoms with E-state index in [1.807, 2.05) is 20.2 Å². The van der Waals surface area contributed by atoms with Crippen LogP contribution in [0.3, 0.4) is 0 Å². The molecule has 2 rings (SSSR count). The van der Waals surface area contributed by atoms with Crippen molar-refractivity contribution in [2.45, 2.75) is 39.2 Å². The number of hydrogen-bond acceptors (Lipinski definition) is 5. The number of nitrogens with one attached hydrogen (secondary N) is 1. The first kappa shape index (κ1) is 20.0. The van der Waals surface area contributed by atoms with E-state index in [9.17, 15) is 9.59 Å². The number of nitrogens with zero attached hydrogens (tertiary/aromatic N) is 1. The summed E-state index contributed by atoms with van der Waals surface area (Å²) in [6.45, 7) is 5.29. The Morgan fingerprint density at radius 1 is 1.31 bits per heavy atom. The zero-order chi connectivity index (χ0) is 19.1. The number of aryl methyl sites for hydroxylation is 1. The molecular formula is C20H28N2O4. The Morgan fingerprint density at radius 2 is 2.08 bits per heavy atom. The van der Waals surface area contributed by atoms with E-state index in [0.717, 1.165) is 36.8 Å². The van der Waals surface area contributed by atoms with Crippen molar-refractivity contribution in [1.82, 2.24) is 10.2 Å². The highest BCUT2D eigenvalue weighted by Crippen LogP contribution is 2.24. The van der Waals surface area contributed by atoms with Crippen LogP contribution in [0.1, 0.15) is 32.3 Å². The number of carbonyl (C=O) groups is 1. The van der Waals surface area contributed by atoms with Crippen LogP contribution in [0.2, 0.25) is 0 Å². The third kappa shape index (κ3) is 5.59. The van der Waals surface area contributed by atoms with E-state index in [-0.39, 0.29) is 11.5 Å². The minimum atomic E-state index is -0.627. The van der Waals surface area contributed by atoms with Crippen LogP contribution in [0.15, 0.2) is 33.5 Å². The van der Waals surface area contributed by atoms with Crippen LogP contribution in [0, 0.1) is 0 Å². The Hall–Kier alpha value is -2.34. The number of carbonyl (C=O) groups excluding carboxylic acids is 1. The standard InChI is InChI=1S/C20H28N2O4/c1-5-7-15-12-19(23)26-18-13-16(8-9-17(15)18)25-14(2)20(24)21-10-6-11-22(3)4/h8-9,12-14H,5-7,10-11H2,1-4H3,(H,21,24). The van der Waals surface area contributed by atoms with Gasteiger partial charge < -0.3 is 19.4 Å². The molecule has 0 fully saturated rings. The second-order valence-corrected chi connectivity index (χ2v) is 6.71. The number of hydrogen-bond donors (Lipinski definition) is 1. The van der Waals surface area contributed by atoms with Crippen molar-refractivity contribution in [1.29, 1.82) is 0 Å². The van der Waals surface area contributed by atoms with Crippen LogP contribution < -0.4 is 15.7 Å². The van der Waals surface area contributed by atoms with Gasteiger partial charge in [-0.1, -0.05) is 13.3 Å². The lowest BCUT2D eigenvalue weighted by Gasteiger charge is -2.16. The van der Waals surface area contributed by atoms with Crippen LogP contribution >= 0.6 is 0 Å². The summed E-state index contributed by atoms with van der Waals surface area (Å²) < 4.78 is 11.0. The maximum Gasteiger partial charge on any atom is 0.336 e. The maximum atomic E-state index is 12.1. The molecule has 0 saturated heterocycles. The molecule has 6 nitrogen and oxygen atoms in total. The largest absolute Gasteiger partial charge is 0.481 e. The highest BCUT2D eigenvalue weighted by Gasteiger charge is 2.15. The SMILES string of the molecule is CCCc1cc(=O)oc2cc(OC(C)C(=O)NCCCN(C)C)ccc12. The number of ether oxygens (including phenoxy) is 1. The summed E-state index contributed by atoms with van der Waals surface area (Å²) in [7, 11) is 4.00. The van der Waals surface area contributed by atoms with E-state index >= 15 is 0 Å². The molecule has 0 aliphatic carbocycles. The average molecular weight is 360 g/mol. The second kappa shape index (κ2) is 9.38. The van der Waals surface area contributed by atoms with Crippen molar-refractivity contribution in [2.24, 2.45) is 0 Å². The van der Waals surface area contributed by atoms with Crippen molar-refractivity contribution >= 4 is 16.9 Å². The van der Waals surface area contributed by atoms with Crippen molar-refractivity contribution in [3.63, 3.8) is 0 Å². The number of amides is 1. The summed E-state index contributed by atoms with van der Waals surface area (Å²) in [6.07, 6.45) is 2.01. The first-order valence-electron chi connectivity index (χ1n) is 9.06. The highest BCUT2D eigenvalue weighted by atomic mass is 16.5. The minimum absolute atomic E-state index is 0.162. The summed E-state index contributed by atoms with van der Waals surface area (Å²) >= 11 is 0. The summed E-state index contributed by atoms with van der Waals surface area (Å²) in [5.74, 6) is 0.343. The maximum absolute atomic E-state index is 12.1. The Bertz CT molecular complexity index is 798. The zero-order valence-corrected chi connectivity index (χ0v) is 16.0. The predicted octanol–water partition coefficient (Wildman–Crippen LogP) is 2.58. The molecule has 0 saturated carbocycles. The lowest BCUT2D eigenvalue weighted by molar-refractivity contribution is -0.127. The van der Waals surface area contributed by atoms with Gasteiger partial charge in [0.05, 0.1) is 0 Å². The quantitative estimate of drug-likeness (QED) is 0.550. The van der Waals surface area contributed by atoms with Gasteiger partial charge >= 0.3 is 5.63 Å². The van der Waals surface area contributed by atoms with Crippen LogP contribution in [-0.4, -0.2) is 44.1 Å². The Morgan fingerprint density at radius 3 is 2.77 bits per heavy atom. The summed E-state index contributed by atoms with van der Waals surface area (Å²) in [5.41, 5.74) is 1.08. The fourth-order valence-corrected chi connectivity index (χ4v) is 2.77. The Labute approximate surface area is 154 Å². The molecule has 1 aromatic heterocycles. The summed E-state index contributed by atoms with van der Waals surface area (Å²) in [6, 6.07) is 6.89. The Balaban J connectivity index is 2.03. The number of rotatable bonds is 9. The van der Waals surface area contributed by atoms with Crippen LogP contribution in [-0.2, 0) is 11.2 Å². The van der Waals surface area contributed by atoms with Gasteiger partial charge in [0, 0.05) is 24.1 Å². The van der Waals surface area contributed by atoms with Crippen LogP contribution in [0.4, 0.5) is 0 Å². The van der Waals surface area contributed by atoms with Crippen molar-refractivity contribution in [3.05, 3.63) is 40.2 Å². The van der Waals surface area contributed by atoms with E-state index < -0.39 is 6.10 Å². The molecule has 142 valence electrons. The number of benzene rings is 1. The smallest absolute Gasteiger partial charge is 0.336 e. The fourth-order valence-electron chi connectivity index (χ4n) is 2.77. The molecule has 6 heteroatoms. The fraction of sp³-hybridized carbons (Fsp3) is 0.500. The van der Waals surface area contributed by atoms with Crippen molar-refractivity contribution in [3.8, 4) is 5.75 Å². The zero-order valence-electron chi connectivity index (χ0n) is 16.0. The molecule has 0 spiro atoms. The van der Waals surface area contributed by atoms with Gasteiger partial charge in [-0.15, -0.1) is 0 Å². The number of fused-ring (bicyclic) bond motifs is 1.